The summed E-state index contributed by atoms with van der Waals surface area (Å²) in [5.74, 6) is 0.169. The number of ketones is 1. The van der Waals surface area contributed by atoms with Crippen molar-refractivity contribution in [3.8, 4) is 11.3 Å². The minimum Gasteiger partial charge on any atom is -0.355 e. The fourth-order valence-electron chi connectivity index (χ4n) is 3.50. The van der Waals surface area contributed by atoms with Crippen molar-refractivity contribution >= 4 is 28.8 Å². The van der Waals surface area contributed by atoms with Gasteiger partial charge in [-0.05, 0) is 61.6 Å². The molecule has 1 aliphatic rings. The molecule has 0 amide bonds. The number of benzene rings is 1. The smallest absolute Gasteiger partial charge is 0.134 e. The molecule has 0 atom stereocenters. The van der Waals surface area contributed by atoms with Crippen molar-refractivity contribution in [2.24, 2.45) is 0 Å². The minimum atomic E-state index is 0.169. The van der Waals surface area contributed by atoms with Gasteiger partial charge in [0.15, 0.2) is 0 Å². The Bertz CT molecular complexity index is 999. The van der Waals surface area contributed by atoms with Crippen LogP contribution in [0.3, 0.4) is 0 Å². The van der Waals surface area contributed by atoms with Gasteiger partial charge in [0.25, 0.3) is 0 Å². The van der Waals surface area contributed by atoms with Gasteiger partial charge in [-0.15, -0.1) is 0 Å². The van der Waals surface area contributed by atoms with Gasteiger partial charge in [-0.3, -0.25) is 14.8 Å². The number of hydrogen-bond donors (Lipinski definition) is 1. The molecule has 1 aromatic carbocycles. The number of Topliss-reactive ketones (excluding diaryl/α,β-unsaturated/α-hetero) is 1. The van der Waals surface area contributed by atoms with Crippen molar-refractivity contribution in [2.45, 2.75) is 32.6 Å². The van der Waals surface area contributed by atoms with Gasteiger partial charge in [0.2, 0.25) is 0 Å². The third-order valence-corrected chi connectivity index (χ3v) is 4.94. The van der Waals surface area contributed by atoms with E-state index in [1.807, 2.05) is 30.3 Å². The van der Waals surface area contributed by atoms with E-state index in [1.165, 1.54) is 5.56 Å². The van der Waals surface area contributed by atoms with Crippen molar-refractivity contribution in [1.29, 1.82) is 0 Å². The van der Waals surface area contributed by atoms with Crippen LogP contribution in [0.15, 0.2) is 48.8 Å². The van der Waals surface area contributed by atoms with Crippen molar-refractivity contribution in [3.63, 3.8) is 0 Å². The van der Waals surface area contributed by atoms with Crippen molar-refractivity contribution < 1.29 is 4.79 Å². The average Bonchev–Trinajstić information content (AvgIpc) is 3.12. The van der Waals surface area contributed by atoms with Crippen LogP contribution in [-0.4, -0.2) is 15.8 Å². The third-order valence-electron chi connectivity index (χ3n) is 4.74. The summed E-state index contributed by atoms with van der Waals surface area (Å²) in [6, 6.07) is 12.0. The molecule has 2 heterocycles. The molecule has 0 aliphatic heterocycles. The van der Waals surface area contributed by atoms with Crippen LogP contribution in [0.5, 0.6) is 0 Å². The second kappa shape index (κ2) is 7.49. The highest BCUT2D eigenvalue weighted by Gasteiger charge is 2.19. The summed E-state index contributed by atoms with van der Waals surface area (Å²) in [7, 11) is 0. The van der Waals surface area contributed by atoms with E-state index in [1.54, 1.807) is 19.3 Å². The molecule has 1 aliphatic carbocycles. The van der Waals surface area contributed by atoms with Gasteiger partial charge < -0.3 is 5.32 Å². The normalized spacial score (nSPS) is 12.7. The molecule has 0 saturated heterocycles. The van der Waals surface area contributed by atoms with Crippen molar-refractivity contribution in [2.75, 3.05) is 5.32 Å². The monoisotopic (exact) mass is 377 g/mol. The van der Waals surface area contributed by atoms with E-state index in [-0.39, 0.29) is 5.78 Å². The van der Waals surface area contributed by atoms with Crippen molar-refractivity contribution in [3.05, 3.63) is 70.6 Å². The number of aromatic nitrogens is 2. The molecule has 0 bridgehead atoms. The Kier molecular flexibility index (Phi) is 4.90. The molecule has 4 rings (SSSR count). The molecule has 0 unspecified atom stereocenters. The largest absolute Gasteiger partial charge is 0.355 e. The topological polar surface area (TPSA) is 54.9 Å². The zero-order valence-electron chi connectivity index (χ0n) is 15.1. The van der Waals surface area contributed by atoms with Crippen LogP contribution in [0.4, 0.5) is 11.4 Å². The number of rotatable bonds is 5. The lowest BCUT2D eigenvalue weighted by molar-refractivity contribution is -0.116. The van der Waals surface area contributed by atoms with Crippen LogP contribution in [0, 0.1) is 0 Å². The molecule has 1 N–H and O–H groups in total. The van der Waals surface area contributed by atoms with E-state index >= 15 is 0 Å². The third kappa shape index (κ3) is 4.01. The number of nitrogens with zero attached hydrogens (tertiary/aromatic N) is 2. The fourth-order valence-corrected chi connectivity index (χ4v) is 3.68. The lowest BCUT2D eigenvalue weighted by Gasteiger charge is -2.14. The maximum absolute atomic E-state index is 11.3. The van der Waals surface area contributed by atoms with Crippen LogP contribution < -0.4 is 5.32 Å². The molecule has 27 heavy (non-hydrogen) atoms. The molecule has 4 nitrogen and oxygen atoms in total. The maximum Gasteiger partial charge on any atom is 0.134 e. The van der Waals surface area contributed by atoms with Gasteiger partial charge in [0, 0.05) is 41.4 Å². The summed E-state index contributed by atoms with van der Waals surface area (Å²) in [5, 5.41) is 4.13. The highest BCUT2D eigenvalue weighted by atomic mass is 35.5. The van der Waals surface area contributed by atoms with Gasteiger partial charge in [0.1, 0.15) is 5.78 Å². The van der Waals surface area contributed by atoms with Gasteiger partial charge in [-0.25, -0.2) is 0 Å². The number of carbonyl (C=O) groups is 1. The number of pyridine rings is 2. The van der Waals surface area contributed by atoms with E-state index < -0.39 is 0 Å². The number of hydrogen-bond acceptors (Lipinski definition) is 4. The Labute approximate surface area is 163 Å². The number of nitrogens with one attached hydrogen (secondary N) is 1. The molecule has 0 fully saturated rings. The Morgan fingerprint density at radius 3 is 2.70 bits per heavy atom. The fraction of sp³-hybridized carbons (Fsp3) is 0.227. The van der Waals surface area contributed by atoms with Gasteiger partial charge in [0.05, 0.1) is 10.7 Å². The molecule has 5 heteroatoms. The lowest BCUT2D eigenvalue weighted by atomic mass is 10.1. The van der Waals surface area contributed by atoms with Crippen LogP contribution >= 0.6 is 11.6 Å². The van der Waals surface area contributed by atoms with E-state index in [0.717, 1.165) is 53.2 Å². The van der Waals surface area contributed by atoms with Crippen LogP contribution in [0.25, 0.3) is 11.3 Å². The molecule has 0 spiro atoms. The van der Waals surface area contributed by atoms with Gasteiger partial charge in [-0.1, -0.05) is 23.7 Å². The molecule has 3 aromatic rings. The average molecular weight is 378 g/mol. The number of anilines is 2. The van der Waals surface area contributed by atoms with E-state index in [0.29, 0.717) is 11.4 Å². The number of halogens is 1. The van der Waals surface area contributed by atoms with Gasteiger partial charge >= 0.3 is 0 Å². The molecule has 0 saturated carbocycles. The predicted molar refractivity (Wildman–Crippen MR) is 109 cm³/mol. The summed E-state index contributed by atoms with van der Waals surface area (Å²) in [4.78, 5) is 20.3. The Balaban J connectivity index is 1.67. The van der Waals surface area contributed by atoms with Crippen molar-refractivity contribution in [1.82, 2.24) is 9.97 Å². The SMILES string of the molecule is CC(=O)Cc1ccc(Nc2cc(-c3cncc(Cl)c3)nc3c2CCC3)cc1. The molecular formula is C22H20ClN3O. The highest BCUT2D eigenvalue weighted by Crippen LogP contribution is 2.34. The predicted octanol–water partition coefficient (Wildman–Crippen LogP) is 5.16. The first-order valence-electron chi connectivity index (χ1n) is 9.07. The minimum absolute atomic E-state index is 0.169. The van der Waals surface area contributed by atoms with E-state index in [9.17, 15) is 4.79 Å². The Morgan fingerprint density at radius 2 is 1.96 bits per heavy atom. The molecular weight excluding hydrogens is 358 g/mol. The Hall–Kier alpha value is -2.72. The number of fused-ring (bicyclic) bond motifs is 1. The zero-order valence-corrected chi connectivity index (χ0v) is 15.9. The van der Waals surface area contributed by atoms with E-state index in [4.69, 9.17) is 16.6 Å². The number of aryl methyl sites for hydroxylation is 1. The molecule has 0 radical (unpaired) electrons. The highest BCUT2D eigenvalue weighted by molar-refractivity contribution is 6.30. The van der Waals surface area contributed by atoms with Crippen LogP contribution in [0.1, 0.15) is 30.2 Å². The maximum atomic E-state index is 11.3. The van der Waals surface area contributed by atoms with Gasteiger partial charge in [-0.2, -0.15) is 0 Å². The standard InChI is InChI=1S/C22H20ClN3O/c1-14(27)9-15-5-7-18(8-6-15)25-22-11-21(16-10-17(23)13-24-12-16)26-20-4-2-3-19(20)22/h5-8,10-13H,2-4,9H2,1H3,(H,25,26). The second-order valence-electron chi connectivity index (χ2n) is 6.93. The lowest BCUT2D eigenvalue weighted by Crippen LogP contribution is -2.01. The first kappa shape index (κ1) is 17.7. The quantitative estimate of drug-likeness (QED) is 0.667. The Morgan fingerprint density at radius 1 is 1.15 bits per heavy atom. The van der Waals surface area contributed by atoms with E-state index in [2.05, 4.69) is 16.4 Å². The van der Waals surface area contributed by atoms with Crippen LogP contribution in [0.2, 0.25) is 5.02 Å². The first-order valence-corrected chi connectivity index (χ1v) is 9.45. The first-order chi connectivity index (χ1) is 13.1. The molecule has 2 aromatic heterocycles. The van der Waals surface area contributed by atoms with Crippen LogP contribution in [-0.2, 0) is 24.1 Å². The summed E-state index contributed by atoms with van der Waals surface area (Å²) in [5.41, 5.74) is 7.31. The summed E-state index contributed by atoms with van der Waals surface area (Å²) < 4.78 is 0. The second-order valence-corrected chi connectivity index (χ2v) is 7.36. The summed E-state index contributed by atoms with van der Waals surface area (Å²) in [6.07, 6.45) is 7.02. The summed E-state index contributed by atoms with van der Waals surface area (Å²) in [6.45, 7) is 1.61. The summed E-state index contributed by atoms with van der Waals surface area (Å²) >= 11 is 6.10. The zero-order chi connectivity index (χ0) is 18.8. The molecule has 136 valence electrons. The number of carbonyl (C=O) groups excluding carboxylic acids is 1.